The molecule has 1 aliphatic rings. The zero-order valence-corrected chi connectivity index (χ0v) is 7.82. The second-order valence-electron chi connectivity index (χ2n) is 3.26. The number of aliphatic imine (C=N–C) groups is 1. The molecule has 1 unspecified atom stereocenters. The molecule has 0 saturated carbocycles. The maximum atomic E-state index is 11.2. The maximum Gasteiger partial charge on any atom is 0.250 e. The molecule has 4 nitrogen and oxygen atoms in total. The van der Waals surface area contributed by atoms with Crippen LogP contribution in [-0.4, -0.2) is 17.8 Å². The largest absolute Gasteiger partial charge is 0.399 e. The molecule has 3 N–H and O–H groups in total. The Morgan fingerprint density at radius 1 is 1.36 bits per heavy atom. The summed E-state index contributed by atoms with van der Waals surface area (Å²) in [6.07, 6.45) is 0. The summed E-state index contributed by atoms with van der Waals surface area (Å²) in [5.41, 5.74) is 7.14. The van der Waals surface area contributed by atoms with Gasteiger partial charge in [0.2, 0.25) is 5.91 Å². The summed E-state index contributed by atoms with van der Waals surface area (Å²) in [6.45, 7) is 1.76. The zero-order valence-electron chi connectivity index (χ0n) is 7.82. The Bertz CT molecular complexity index is 394. The van der Waals surface area contributed by atoms with Crippen molar-refractivity contribution in [1.29, 1.82) is 0 Å². The fourth-order valence-electron chi connectivity index (χ4n) is 1.29. The molecule has 1 heterocycles. The number of carbonyl (C=O) groups is 1. The van der Waals surface area contributed by atoms with Crippen LogP contribution >= 0.6 is 0 Å². The van der Waals surface area contributed by atoms with Gasteiger partial charge in [-0.05, 0) is 31.2 Å². The number of nitrogens with two attached hydrogens (primary N) is 1. The van der Waals surface area contributed by atoms with E-state index in [4.69, 9.17) is 5.73 Å². The number of hydrogen-bond acceptors (Lipinski definition) is 3. The number of carbonyl (C=O) groups excluding carboxylic acids is 1. The molecular weight excluding hydrogens is 178 g/mol. The second-order valence-corrected chi connectivity index (χ2v) is 3.26. The number of rotatable bonds is 1. The molecule has 0 bridgehead atoms. The SMILES string of the molecule is CC1N=C(c2ccc(N)cc2)NC1=O. The van der Waals surface area contributed by atoms with Crippen molar-refractivity contribution in [1.82, 2.24) is 5.32 Å². The Labute approximate surface area is 81.8 Å². The first-order valence-electron chi connectivity index (χ1n) is 4.41. The Balaban J connectivity index is 2.29. The van der Waals surface area contributed by atoms with E-state index in [1.54, 1.807) is 19.1 Å². The van der Waals surface area contributed by atoms with Gasteiger partial charge in [-0.25, -0.2) is 0 Å². The van der Waals surface area contributed by atoms with Crippen molar-refractivity contribution in [2.24, 2.45) is 4.99 Å². The van der Waals surface area contributed by atoms with Crippen LogP contribution in [0.25, 0.3) is 0 Å². The second kappa shape index (κ2) is 3.14. The van der Waals surface area contributed by atoms with Crippen LogP contribution in [0.2, 0.25) is 0 Å². The lowest BCUT2D eigenvalue weighted by molar-refractivity contribution is -0.119. The summed E-state index contributed by atoms with van der Waals surface area (Å²) in [4.78, 5) is 15.4. The molecule has 2 rings (SSSR count). The number of nitrogens with one attached hydrogen (secondary N) is 1. The molecule has 14 heavy (non-hydrogen) atoms. The van der Waals surface area contributed by atoms with E-state index in [2.05, 4.69) is 10.3 Å². The van der Waals surface area contributed by atoms with E-state index in [1.165, 1.54) is 0 Å². The Morgan fingerprint density at radius 3 is 2.50 bits per heavy atom. The van der Waals surface area contributed by atoms with Crippen LogP contribution in [0, 0.1) is 0 Å². The highest BCUT2D eigenvalue weighted by atomic mass is 16.2. The van der Waals surface area contributed by atoms with Gasteiger partial charge in [0.05, 0.1) is 0 Å². The number of anilines is 1. The quantitative estimate of drug-likeness (QED) is 0.633. The number of amidine groups is 1. The third-order valence-corrected chi connectivity index (χ3v) is 2.13. The third-order valence-electron chi connectivity index (χ3n) is 2.13. The summed E-state index contributed by atoms with van der Waals surface area (Å²) in [6, 6.07) is 6.96. The fraction of sp³-hybridized carbons (Fsp3) is 0.200. The molecule has 1 aromatic carbocycles. The average Bonchev–Trinajstić information content (AvgIpc) is 2.48. The number of nitrogens with zero attached hydrogens (tertiary/aromatic N) is 1. The van der Waals surface area contributed by atoms with Crippen LogP contribution in [-0.2, 0) is 4.79 Å². The zero-order chi connectivity index (χ0) is 10.1. The molecule has 4 heteroatoms. The minimum Gasteiger partial charge on any atom is -0.399 e. The molecule has 1 amide bonds. The predicted molar refractivity (Wildman–Crippen MR) is 55.0 cm³/mol. The van der Waals surface area contributed by atoms with Gasteiger partial charge in [-0.3, -0.25) is 9.79 Å². The molecule has 0 radical (unpaired) electrons. The molecule has 0 spiro atoms. The molecule has 0 aromatic heterocycles. The van der Waals surface area contributed by atoms with Crippen LogP contribution in [0.5, 0.6) is 0 Å². The highest BCUT2D eigenvalue weighted by Crippen LogP contribution is 2.10. The van der Waals surface area contributed by atoms with E-state index in [9.17, 15) is 4.79 Å². The number of nitrogen functional groups attached to an aromatic ring is 1. The first-order chi connectivity index (χ1) is 6.66. The predicted octanol–water partition coefficient (Wildman–Crippen LogP) is 0.534. The van der Waals surface area contributed by atoms with Crippen molar-refractivity contribution in [3.63, 3.8) is 0 Å². The number of benzene rings is 1. The third kappa shape index (κ3) is 1.46. The Kier molecular flexibility index (Phi) is 1.96. The van der Waals surface area contributed by atoms with Gasteiger partial charge in [0, 0.05) is 11.3 Å². The highest BCUT2D eigenvalue weighted by molar-refractivity contribution is 6.13. The van der Waals surface area contributed by atoms with Gasteiger partial charge in [-0.15, -0.1) is 0 Å². The van der Waals surface area contributed by atoms with Crippen molar-refractivity contribution in [3.05, 3.63) is 29.8 Å². The first kappa shape index (κ1) is 8.74. The van der Waals surface area contributed by atoms with Crippen LogP contribution in [0.4, 0.5) is 5.69 Å². The van der Waals surface area contributed by atoms with Gasteiger partial charge >= 0.3 is 0 Å². The van der Waals surface area contributed by atoms with Crippen LogP contribution in [0.3, 0.4) is 0 Å². The Morgan fingerprint density at radius 2 is 2.00 bits per heavy atom. The average molecular weight is 189 g/mol. The standard InChI is InChI=1S/C10H11N3O/c1-6-10(14)13-9(12-6)7-2-4-8(11)5-3-7/h2-6H,11H2,1H3,(H,12,13,14). The van der Waals surface area contributed by atoms with Crippen LogP contribution < -0.4 is 11.1 Å². The van der Waals surface area contributed by atoms with Crippen LogP contribution in [0.15, 0.2) is 29.3 Å². The van der Waals surface area contributed by atoms with Crippen molar-refractivity contribution < 1.29 is 4.79 Å². The molecule has 1 aromatic rings. The van der Waals surface area contributed by atoms with Crippen molar-refractivity contribution in [3.8, 4) is 0 Å². The molecule has 1 atom stereocenters. The van der Waals surface area contributed by atoms with E-state index in [0.29, 0.717) is 11.5 Å². The van der Waals surface area contributed by atoms with E-state index in [0.717, 1.165) is 5.56 Å². The van der Waals surface area contributed by atoms with Crippen molar-refractivity contribution in [2.45, 2.75) is 13.0 Å². The number of amides is 1. The van der Waals surface area contributed by atoms with Crippen molar-refractivity contribution >= 4 is 17.4 Å². The van der Waals surface area contributed by atoms with Gasteiger partial charge < -0.3 is 11.1 Å². The molecule has 0 saturated heterocycles. The van der Waals surface area contributed by atoms with Crippen LogP contribution in [0.1, 0.15) is 12.5 Å². The van der Waals surface area contributed by atoms with Gasteiger partial charge in [0.15, 0.2) is 0 Å². The molecule has 72 valence electrons. The molecule has 0 aliphatic carbocycles. The Hall–Kier alpha value is -1.84. The van der Waals surface area contributed by atoms with E-state index < -0.39 is 0 Å². The summed E-state index contributed by atoms with van der Waals surface area (Å²) >= 11 is 0. The first-order valence-corrected chi connectivity index (χ1v) is 4.41. The topological polar surface area (TPSA) is 67.5 Å². The lowest BCUT2D eigenvalue weighted by Crippen LogP contribution is -2.27. The fourth-order valence-corrected chi connectivity index (χ4v) is 1.29. The van der Waals surface area contributed by atoms with E-state index >= 15 is 0 Å². The molecular formula is C10H11N3O. The lowest BCUT2D eigenvalue weighted by atomic mass is 10.2. The summed E-state index contributed by atoms with van der Waals surface area (Å²) in [5.74, 6) is 0.569. The molecule has 0 fully saturated rings. The lowest BCUT2D eigenvalue weighted by Gasteiger charge is -2.00. The smallest absolute Gasteiger partial charge is 0.250 e. The van der Waals surface area contributed by atoms with Gasteiger partial charge in [0.25, 0.3) is 0 Å². The van der Waals surface area contributed by atoms with E-state index in [-0.39, 0.29) is 11.9 Å². The molecule has 1 aliphatic heterocycles. The minimum absolute atomic E-state index is 0.0585. The highest BCUT2D eigenvalue weighted by Gasteiger charge is 2.22. The normalized spacial score (nSPS) is 20.5. The minimum atomic E-state index is -0.289. The number of hydrogen-bond donors (Lipinski definition) is 2. The van der Waals surface area contributed by atoms with Gasteiger partial charge in [-0.1, -0.05) is 0 Å². The summed E-state index contributed by atoms with van der Waals surface area (Å²) in [5, 5.41) is 2.71. The monoisotopic (exact) mass is 189 g/mol. The van der Waals surface area contributed by atoms with Gasteiger partial charge in [-0.2, -0.15) is 0 Å². The maximum absolute atomic E-state index is 11.2. The summed E-state index contributed by atoms with van der Waals surface area (Å²) < 4.78 is 0. The van der Waals surface area contributed by atoms with Gasteiger partial charge in [0.1, 0.15) is 11.9 Å². The van der Waals surface area contributed by atoms with E-state index in [1.807, 2.05) is 12.1 Å². The summed E-state index contributed by atoms with van der Waals surface area (Å²) in [7, 11) is 0. The van der Waals surface area contributed by atoms with Crippen molar-refractivity contribution in [2.75, 3.05) is 5.73 Å².